The van der Waals surface area contributed by atoms with Crippen LogP contribution in [0.25, 0.3) is 0 Å². The molecule has 0 amide bonds. The van der Waals surface area contributed by atoms with Crippen molar-refractivity contribution in [2.75, 3.05) is 0 Å². The molecule has 1 N–H and O–H groups in total. The minimum atomic E-state index is -1.03. The number of nitrogens with zero attached hydrogens (tertiary/aromatic N) is 2. The van der Waals surface area contributed by atoms with Crippen LogP contribution in [-0.2, 0) is 11.2 Å². The number of aliphatic carboxylic acids is 1. The van der Waals surface area contributed by atoms with Crippen molar-refractivity contribution in [3.63, 3.8) is 0 Å². The summed E-state index contributed by atoms with van der Waals surface area (Å²) in [4.78, 5) is 23.9. The summed E-state index contributed by atoms with van der Waals surface area (Å²) < 4.78 is 0. The fourth-order valence-electron chi connectivity index (χ4n) is 1.01. The quantitative estimate of drug-likeness (QED) is 0.573. The first-order chi connectivity index (χ1) is 6.50. The van der Waals surface area contributed by atoms with Gasteiger partial charge in [-0.2, -0.15) is 0 Å². The maximum atomic E-state index is 10.4. The summed E-state index contributed by atoms with van der Waals surface area (Å²) in [5, 5.41) is 18.9. The number of rotatable bonds is 3. The molecule has 0 spiro atoms. The van der Waals surface area contributed by atoms with Crippen molar-refractivity contribution >= 4 is 11.7 Å². The zero-order chi connectivity index (χ0) is 10.7. The molecule has 6 nitrogen and oxygen atoms in total. The van der Waals surface area contributed by atoms with Gasteiger partial charge in [-0.1, -0.05) is 0 Å². The molecule has 0 aliphatic carbocycles. The average molecular weight is 196 g/mol. The molecule has 0 radical (unpaired) electrons. The second-order valence-corrected chi connectivity index (χ2v) is 2.77. The van der Waals surface area contributed by atoms with Crippen LogP contribution in [0.3, 0.4) is 0 Å². The molecule has 0 atom stereocenters. The van der Waals surface area contributed by atoms with Crippen molar-refractivity contribution in [3.05, 3.63) is 33.6 Å². The molecule has 0 unspecified atom stereocenters. The summed E-state index contributed by atoms with van der Waals surface area (Å²) in [7, 11) is 0. The van der Waals surface area contributed by atoms with Crippen LogP contribution in [0.4, 0.5) is 5.69 Å². The molecule has 0 fully saturated rings. The van der Waals surface area contributed by atoms with Crippen LogP contribution in [0.1, 0.15) is 11.3 Å². The number of carboxylic acids is 1. The van der Waals surface area contributed by atoms with Crippen molar-refractivity contribution in [1.82, 2.24) is 4.98 Å². The molecule has 1 heterocycles. The summed E-state index contributed by atoms with van der Waals surface area (Å²) in [6.45, 7) is 1.61. The summed E-state index contributed by atoms with van der Waals surface area (Å²) in [6.07, 6.45) is 0.862. The van der Waals surface area contributed by atoms with Crippen LogP contribution in [0.2, 0.25) is 0 Å². The van der Waals surface area contributed by atoms with E-state index >= 15 is 0 Å². The lowest BCUT2D eigenvalue weighted by molar-refractivity contribution is -0.385. The third kappa shape index (κ3) is 2.25. The number of carbonyl (C=O) groups is 1. The number of aryl methyl sites for hydroxylation is 1. The number of aromatic nitrogens is 1. The molecule has 0 aliphatic rings. The van der Waals surface area contributed by atoms with Gasteiger partial charge in [-0.05, 0) is 12.5 Å². The SMILES string of the molecule is Cc1ncc([N+](=O)[O-])cc1CC(=O)O. The fourth-order valence-corrected chi connectivity index (χ4v) is 1.01. The van der Waals surface area contributed by atoms with E-state index in [1.54, 1.807) is 6.92 Å². The van der Waals surface area contributed by atoms with E-state index in [2.05, 4.69) is 4.98 Å². The van der Waals surface area contributed by atoms with Gasteiger partial charge in [0.1, 0.15) is 6.20 Å². The molecule has 0 bridgehead atoms. The summed E-state index contributed by atoms with van der Waals surface area (Å²) in [5.74, 6) is -1.03. The Balaban J connectivity index is 3.08. The number of hydrogen-bond donors (Lipinski definition) is 1. The Kier molecular flexibility index (Phi) is 2.76. The maximum Gasteiger partial charge on any atom is 0.307 e. The molecule has 74 valence electrons. The topological polar surface area (TPSA) is 93.3 Å². The van der Waals surface area contributed by atoms with E-state index in [0.29, 0.717) is 11.3 Å². The highest BCUT2D eigenvalue weighted by Gasteiger charge is 2.11. The van der Waals surface area contributed by atoms with Crippen molar-refractivity contribution in [1.29, 1.82) is 0 Å². The highest BCUT2D eigenvalue weighted by atomic mass is 16.6. The van der Waals surface area contributed by atoms with Gasteiger partial charge in [-0.3, -0.25) is 19.9 Å². The van der Waals surface area contributed by atoms with Gasteiger partial charge in [0.2, 0.25) is 0 Å². The molecule has 14 heavy (non-hydrogen) atoms. The van der Waals surface area contributed by atoms with E-state index < -0.39 is 10.9 Å². The normalized spacial score (nSPS) is 9.79. The van der Waals surface area contributed by atoms with Crippen molar-refractivity contribution < 1.29 is 14.8 Å². The van der Waals surface area contributed by atoms with Gasteiger partial charge in [-0.25, -0.2) is 0 Å². The monoisotopic (exact) mass is 196 g/mol. The molecule has 0 saturated carbocycles. The molecular weight excluding hydrogens is 188 g/mol. The molecular formula is C8H8N2O4. The zero-order valence-corrected chi connectivity index (χ0v) is 7.43. The highest BCUT2D eigenvalue weighted by Crippen LogP contribution is 2.14. The van der Waals surface area contributed by atoms with Crippen LogP contribution < -0.4 is 0 Å². The average Bonchev–Trinajstić information content (AvgIpc) is 2.07. The van der Waals surface area contributed by atoms with Crippen molar-refractivity contribution in [3.8, 4) is 0 Å². The van der Waals surface area contributed by atoms with Gasteiger partial charge < -0.3 is 5.11 Å². The van der Waals surface area contributed by atoms with E-state index in [1.165, 1.54) is 6.07 Å². The number of pyridine rings is 1. The van der Waals surface area contributed by atoms with Crippen LogP contribution >= 0.6 is 0 Å². The molecule has 0 aliphatic heterocycles. The van der Waals surface area contributed by atoms with Gasteiger partial charge in [0.05, 0.1) is 11.3 Å². The van der Waals surface area contributed by atoms with Crippen LogP contribution in [0.15, 0.2) is 12.3 Å². The van der Waals surface area contributed by atoms with Gasteiger partial charge in [0.25, 0.3) is 5.69 Å². The van der Waals surface area contributed by atoms with Gasteiger partial charge >= 0.3 is 5.97 Å². The van der Waals surface area contributed by atoms with E-state index in [4.69, 9.17) is 5.11 Å². The number of nitro groups is 1. The Labute approximate surface area is 79.4 Å². The predicted octanol–water partition coefficient (Wildman–Crippen LogP) is 0.925. The lowest BCUT2D eigenvalue weighted by Gasteiger charge is -2.00. The minimum absolute atomic E-state index is 0.188. The zero-order valence-electron chi connectivity index (χ0n) is 7.43. The van der Waals surface area contributed by atoms with Crippen LogP contribution in [0.5, 0.6) is 0 Å². The first kappa shape index (κ1) is 10.1. The van der Waals surface area contributed by atoms with E-state index in [9.17, 15) is 14.9 Å². The number of hydrogen-bond acceptors (Lipinski definition) is 4. The number of carboxylic acid groups (broad SMARTS) is 1. The summed E-state index contributed by atoms with van der Waals surface area (Å²) in [6, 6.07) is 1.23. The molecule has 1 aromatic heterocycles. The third-order valence-corrected chi connectivity index (χ3v) is 1.73. The Morgan fingerprint density at radius 1 is 1.71 bits per heavy atom. The Hall–Kier alpha value is -1.98. The minimum Gasteiger partial charge on any atom is -0.481 e. The van der Waals surface area contributed by atoms with Gasteiger partial charge in [0, 0.05) is 11.8 Å². The molecule has 0 aromatic carbocycles. The lowest BCUT2D eigenvalue weighted by Crippen LogP contribution is -2.04. The standard InChI is InChI=1S/C8H8N2O4/c1-5-6(3-8(11)12)2-7(4-9-5)10(13)14/h2,4H,3H2,1H3,(H,11,12). The van der Waals surface area contributed by atoms with Crippen molar-refractivity contribution in [2.45, 2.75) is 13.3 Å². The lowest BCUT2D eigenvalue weighted by atomic mass is 10.1. The van der Waals surface area contributed by atoms with Gasteiger partial charge in [-0.15, -0.1) is 0 Å². The first-order valence-electron chi connectivity index (χ1n) is 3.82. The third-order valence-electron chi connectivity index (χ3n) is 1.73. The summed E-state index contributed by atoms with van der Waals surface area (Å²) >= 11 is 0. The van der Waals surface area contributed by atoms with E-state index in [1.807, 2.05) is 0 Å². The molecule has 0 saturated heterocycles. The largest absolute Gasteiger partial charge is 0.481 e. The van der Waals surface area contributed by atoms with Crippen molar-refractivity contribution in [2.24, 2.45) is 0 Å². The second kappa shape index (κ2) is 3.82. The maximum absolute atomic E-state index is 10.4. The first-order valence-corrected chi connectivity index (χ1v) is 3.82. The predicted molar refractivity (Wildman–Crippen MR) is 47.0 cm³/mol. The van der Waals surface area contributed by atoms with E-state index in [0.717, 1.165) is 6.20 Å². The Morgan fingerprint density at radius 3 is 2.86 bits per heavy atom. The smallest absolute Gasteiger partial charge is 0.307 e. The fraction of sp³-hybridized carbons (Fsp3) is 0.250. The molecule has 1 aromatic rings. The molecule has 6 heteroatoms. The second-order valence-electron chi connectivity index (χ2n) is 2.77. The van der Waals surface area contributed by atoms with E-state index in [-0.39, 0.29) is 12.1 Å². The Morgan fingerprint density at radius 2 is 2.36 bits per heavy atom. The van der Waals surface area contributed by atoms with Crippen LogP contribution in [-0.4, -0.2) is 21.0 Å². The summed E-state index contributed by atoms with van der Waals surface area (Å²) in [5.41, 5.74) is 0.677. The van der Waals surface area contributed by atoms with Gasteiger partial charge in [0.15, 0.2) is 0 Å². The highest BCUT2D eigenvalue weighted by molar-refractivity contribution is 5.70. The molecule has 1 rings (SSSR count). The Bertz CT molecular complexity index is 389. The van der Waals surface area contributed by atoms with Crippen LogP contribution in [0, 0.1) is 17.0 Å².